The predicted octanol–water partition coefficient (Wildman–Crippen LogP) is 5.27. The number of hydrogen-bond acceptors (Lipinski definition) is 5. The summed E-state index contributed by atoms with van der Waals surface area (Å²) >= 11 is 0. The van der Waals surface area contributed by atoms with Crippen LogP contribution in [0.5, 0.6) is 0 Å². The second-order valence-electron chi connectivity index (χ2n) is 7.67. The van der Waals surface area contributed by atoms with Gasteiger partial charge in [-0.05, 0) is 18.3 Å². The zero-order chi connectivity index (χ0) is 20.0. The summed E-state index contributed by atoms with van der Waals surface area (Å²) in [5.41, 5.74) is 1.78. The molecule has 0 radical (unpaired) electrons. The van der Waals surface area contributed by atoms with Crippen molar-refractivity contribution in [3.8, 4) is 0 Å². The quantitative estimate of drug-likeness (QED) is 0.298. The average molecular weight is 385 g/mol. The fraction of sp³-hybridized carbons (Fsp3) is 0.700. The lowest BCUT2D eigenvalue weighted by atomic mass is 9.81. The maximum absolute atomic E-state index is 13.1. The molecular formula is C20H36NO4P. The normalized spacial score (nSPS) is 26.2. The van der Waals surface area contributed by atoms with Gasteiger partial charge in [0.15, 0.2) is 0 Å². The highest BCUT2D eigenvalue weighted by Crippen LogP contribution is 2.56. The van der Waals surface area contributed by atoms with Gasteiger partial charge in [-0.3, -0.25) is 9.09 Å². The van der Waals surface area contributed by atoms with Crippen molar-refractivity contribution in [3.63, 3.8) is 0 Å². The van der Waals surface area contributed by atoms with Crippen LogP contribution >= 0.6 is 7.60 Å². The Labute approximate surface area is 159 Å². The van der Waals surface area contributed by atoms with E-state index >= 15 is 0 Å². The summed E-state index contributed by atoms with van der Waals surface area (Å²) in [5, 5.41) is 3.23. The van der Waals surface area contributed by atoms with Gasteiger partial charge in [-0.25, -0.2) is 0 Å². The SMILES string of the molecule is C=C(CCNC(=C)[C@@H]1OP(=O)(CCC(C)(C)C(=C)CC)OCC1C)OC. The second kappa shape index (κ2) is 9.77. The van der Waals surface area contributed by atoms with Crippen molar-refractivity contribution in [2.24, 2.45) is 11.3 Å². The summed E-state index contributed by atoms with van der Waals surface area (Å²) in [6, 6.07) is 0. The van der Waals surface area contributed by atoms with Crippen LogP contribution in [-0.4, -0.2) is 32.5 Å². The van der Waals surface area contributed by atoms with E-state index in [0.717, 1.165) is 17.7 Å². The van der Waals surface area contributed by atoms with Gasteiger partial charge in [0.1, 0.15) is 6.10 Å². The summed E-state index contributed by atoms with van der Waals surface area (Å²) in [7, 11) is -1.55. The molecule has 0 aromatic rings. The van der Waals surface area contributed by atoms with Crippen molar-refractivity contribution in [1.29, 1.82) is 0 Å². The van der Waals surface area contributed by atoms with Crippen LogP contribution in [0.25, 0.3) is 0 Å². The summed E-state index contributed by atoms with van der Waals surface area (Å²) < 4.78 is 29.7. The van der Waals surface area contributed by atoms with Crippen LogP contribution < -0.4 is 5.32 Å². The minimum absolute atomic E-state index is 0.0846. The standard InChI is InChI=1S/C20H36NO4P/c1-9-16(3)20(6,7)11-13-26(22)24-14-15(2)19(25-26)18(5)21-12-10-17(4)23-8/h15,19,21H,3-5,9-14H2,1-2,6-8H3/t15?,19-,26?/m1/s1. The molecule has 1 rings (SSSR count). The van der Waals surface area contributed by atoms with Gasteiger partial charge >= 0.3 is 7.60 Å². The highest BCUT2D eigenvalue weighted by Gasteiger charge is 2.40. The highest BCUT2D eigenvalue weighted by molar-refractivity contribution is 7.53. The Hall–Kier alpha value is -1.03. The molecule has 0 saturated carbocycles. The third-order valence-electron chi connectivity index (χ3n) is 5.11. The van der Waals surface area contributed by atoms with Gasteiger partial charge < -0.3 is 14.6 Å². The lowest BCUT2D eigenvalue weighted by molar-refractivity contribution is 0.0505. The Balaban J connectivity index is 2.65. The van der Waals surface area contributed by atoms with Crippen molar-refractivity contribution in [2.45, 2.75) is 53.1 Å². The Morgan fingerprint density at radius 3 is 2.58 bits per heavy atom. The van der Waals surface area contributed by atoms with Crippen molar-refractivity contribution < 1.29 is 18.3 Å². The summed E-state index contributed by atoms with van der Waals surface area (Å²) in [4.78, 5) is 0. The molecule has 0 bridgehead atoms. The molecule has 3 atom stereocenters. The third kappa shape index (κ3) is 6.61. The highest BCUT2D eigenvalue weighted by atomic mass is 31.2. The van der Waals surface area contributed by atoms with Gasteiger partial charge in [-0.15, -0.1) is 0 Å². The first-order valence-corrected chi connectivity index (χ1v) is 11.0. The lowest BCUT2D eigenvalue weighted by Crippen LogP contribution is -2.37. The Morgan fingerprint density at radius 2 is 2.00 bits per heavy atom. The van der Waals surface area contributed by atoms with Gasteiger partial charge in [-0.1, -0.05) is 53.0 Å². The third-order valence-corrected chi connectivity index (χ3v) is 6.97. The van der Waals surface area contributed by atoms with Crippen LogP contribution in [0.3, 0.4) is 0 Å². The van der Waals surface area contributed by atoms with Gasteiger partial charge in [0.2, 0.25) is 0 Å². The first-order valence-electron chi connectivity index (χ1n) is 9.29. The molecule has 1 saturated heterocycles. The Kier molecular flexibility index (Phi) is 8.65. The van der Waals surface area contributed by atoms with Crippen molar-refractivity contribution >= 4 is 7.60 Å². The molecular weight excluding hydrogens is 349 g/mol. The number of allylic oxidation sites excluding steroid dienone is 1. The van der Waals surface area contributed by atoms with Crippen molar-refractivity contribution in [3.05, 3.63) is 36.8 Å². The van der Waals surface area contributed by atoms with E-state index in [1.165, 1.54) is 0 Å². The van der Waals surface area contributed by atoms with E-state index in [9.17, 15) is 4.57 Å². The number of nitrogens with one attached hydrogen (secondary N) is 1. The number of methoxy groups -OCH3 is 1. The molecule has 0 amide bonds. The first-order chi connectivity index (χ1) is 12.0. The minimum atomic E-state index is -3.15. The molecule has 1 N–H and O–H groups in total. The van der Waals surface area contributed by atoms with E-state index in [4.69, 9.17) is 13.8 Å². The maximum Gasteiger partial charge on any atom is 0.331 e. The lowest BCUT2D eigenvalue weighted by Gasteiger charge is -2.37. The fourth-order valence-electron chi connectivity index (χ4n) is 2.79. The number of ether oxygens (including phenoxy) is 1. The monoisotopic (exact) mass is 385 g/mol. The van der Waals surface area contributed by atoms with E-state index in [2.05, 4.69) is 45.8 Å². The van der Waals surface area contributed by atoms with Crippen molar-refractivity contribution in [2.75, 3.05) is 26.4 Å². The molecule has 2 unspecified atom stereocenters. The molecule has 150 valence electrons. The summed E-state index contributed by atoms with van der Waals surface area (Å²) in [6.45, 7) is 21.4. The van der Waals surface area contributed by atoms with E-state index in [-0.39, 0.29) is 17.4 Å². The van der Waals surface area contributed by atoms with Crippen LogP contribution in [0, 0.1) is 11.3 Å². The molecule has 1 aliphatic rings. The maximum atomic E-state index is 13.1. The molecule has 0 spiro atoms. The molecule has 1 heterocycles. The number of hydrogen-bond donors (Lipinski definition) is 1. The Bertz CT molecular complexity index is 570. The van der Waals surface area contributed by atoms with Gasteiger partial charge in [-0.2, -0.15) is 0 Å². The average Bonchev–Trinajstić information content (AvgIpc) is 2.61. The fourth-order valence-corrected chi connectivity index (χ4v) is 5.06. The summed E-state index contributed by atoms with van der Waals surface area (Å²) in [5.74, 6) is 0.789. The van der Waals surface area contributed by atoms with Crippen LogP contribution in [0.15, 0.2) is 36.8 Å². The van der Waals surface area contributed by atoms with Crippen LogP contribution in [0.4, 0.5) is 0 Å². The van der Waals surface area contributed by atoms with Crippen molar-refractivity contribution in [1.82, 2.24) is 5.32 Å². The van der Waals surface area contributed by atoms with Gasteiger partial charge in [0, 0.05) is 24.6 Å². The molecule has 0 aromatic carbocycles. The van der Waals surface area contributed by atoms with Crippen LogP contribution in [0.2, 0.25) is 0 Å². The first kappa shape index (κ1) is 23.0. The second-order valence-corrected chi connectivity index (χ2v) is 9.81. The molecule has 1 aliphatic heterocycles. The van der Waals surface area contributed by atoms with Gasteiger partial charge in [0.05, 0.1) is 25.6 Å². The Morgan fingerprint density at radius 1 is 1.35 bits per heavy atom. The molecule has 26 heavy (non-hydrogen) atoms. The van der Waals surface area contributed by atoms with E-state index in [0.29, 0.717) is 37.9 Å². The van der Waals surface area contributed by atoms with E-state index in [1.807, 2.05) is 6.92 Å². The van der Waals surface area contributed by atoms with Crippen LogP contribution in [0.1, 0.15) is 47.0 Å². The minimum Gasteiger partial charge on any atom is -0.502 e. The molecule has 0 aliphatic carbocycles. The molecule has 1 fully saturated rings. The number of rotatable bonds is 11. The zero-order valence-corrected chi connectivity index (χ0v) is 18.0. The predicted molar refractivity (Wildman–Crippen MR) is 108 cm³/mol. The molecule has 0 aromatic heterocycles. The van der Waals surface area contributed by atoms with E-state index in [1.54, 1.807) is 7.11 Å². The van der Waals surface area contributed by atoms with Gasteiger partial charge in [0.25, 0.3) is 0 Å². The van der Waals surface area contributed by atoms with Crippen LogP contribution in [-0.2, 0) is 18.3 Å². The smallest absolute Gasteiger partial charge is 0.331 e. The zero-order valence-electron chi connectivity index (χ0n) is 17.1. The molecule has 6 heteroatoms. The summed E-state index contributed by atoms with van der Waals surface area (Å²) in [6.07, 6.45) is 2.36. The largest absolute Gasteiger partial charge is 0.502 e. The topological polar surface area (TPSA) is 56.8 Å². The molecule has 5 nitrogen and oxygen atoms in total. The van der Waals surface area contributed by atoms with E-state index < -0.39 is 7.60 Å².